The van der Waals surface area contributed by atoms with E-state index in [0.717, 1.165) is 44.7 Å². The van der Waals surface area contributed by atoms with Gasteiger partial charge in [-0.3, -0.25) is 9.80 Å². The Morgan fingerprint density at radius 1 is 1.15 bits per heavy atom. The van der Waals surface area contributed by atoms with E-state index in [2.05, 4.69) is 65.8 Å². The van der Waals surface area contributed by atoms with Crippen LogP contribution in [-0.4, -0.2) is 65.4 Å². The Labute approximate surface area is 158 Å². The maximum atomic E-state index is 9.42. The highest BCUT2D eigenvalue weighted by atomic mass is 16.3. The Morgan fingerprint density at radius 3 is 2.58 bits per heavy atom. The number of piperazine rings is 1. The molecule has 0 amide bonds. The van der Waals surface area contributed by atoms with E-state index < -0.39 is 0 Å². The summed E-state index contributed by atoms with van der Waals surface area (Å²) in [6.45, 7) is 9.62. The van der Waals surface area contributed by atoms with Gasteiger partial charge in [0.05, 0.1) is 6.61 Å². The lowest BCUT2D eigenvalue weighted by Crippen LogP contribution is -2.53. The number of hydrogen-bond acceptors (Lipinski definition) is 4. The van der Waals surface area contributed by atoms with Crippen LogP contribution in [0.15, 0.2) is 35.9 Å². The van der Waals surface area contributed by atoms with Gasteiger partial charge in [0.1, 0.15) is 0 Å². The SMILES string of the molecule is CC(C)=CCN1CCN(Cc2ccc(C#CCCO)cc2)C[C@H]1CCO. The van der Waals surface area contributed by atoms with Crippen molar-refractivity contribution in [3.63, 3.8) is 0 Å². The van der Waals surface area contributed by atoms with E-state index in [4.69, 9.17) is 5.11 Å². The van der Waals surface area contributed by atoms with Crippen LogP contribution in [0.4, 0.5) is 0 Å². The Balaban J connectivity index is 1.92. The Kier molecular flexibility index (Phi) is 8.87. The van der Waals surface area contributed by atoms with E-state index in [1.165, 1.54) is 11.1 Å². The molecule has 1 aromatic rings. The van der Waals surface area contributed by atoms with E-state index in [1.807, 2.05) is 0 Å². The van der Waals surface area contributed by atoms with Crippen molar-refractivity contribution in [1.29, 1.82) is 0 Å². The fraction of sp³-hybridized carbons (Fsp3) is 0.545. The fourth-order valence-electron chi connectivity index (χ4n) is 3.24. The smallest absolute Gasteiger partial charge is 0.0540 e. The van der Waals surface area contributed by atoms with Gasteiger partial charge in [0, 0.05) is 57.4 Å². The summed E-state index contributed by atoms with van der Waals surface area (Å²) in [6.07, 6.45) is 3.62. The third-order valence-corrected chi connectivity index (χ3v) is 4.71. The maximum Gasteiger partial charge on any atom is 0.0540 e. The van der Waals surface area contributed by atoms with Crippen LogP contribution in [-0.2, 0) is 6.54 Å². The predicted molar refractivity (Wildman–Crippen MR) is 107 cm³/mol. The van der Waals surface area contributed by atoms with Crippen LogP contribution >= 0.6 is 0 Å². The molecule has 1 fully saturated rings. The summed E-state index contributed by atoms with van der Waals surface area (Å²) in [5.74, 6) is 6.02. The average molecular weight is 357 g/mol. The molecule has 142 valence electrons. The van der Waals surface area contributed by atoms with E-state index >= 15 is 0 Å². The molecule has 0 aromatic heterocycles. The molecule has 1 atom stereocenters. The van der Waals surface area contributed by atoms with Crippen molar-refractivity contribution in [2.24, 2.45) is 0 Å². The van der Waals surface area contributed by atoms with Crippen molar-refractivity contribution >= 4 is 0 Å². The van der Waals surface area contributed by atoms with Crippen LogP contribution in [0.2, 0.25) is 0 Å². The normalized spacial score (nSPS) is 18.2. The first-order valence-corrected chi connectivity index (χ1v) is 9.51. The van der Waals surface area contributed by atoms with Crippen LogP contribution < -0.4 is 0 Å². The summed E-state index contributed by atoms with van der Waals surface area (Å²) < 4.78 is 0. The number of benzene rings is 1. The Hall–Kier alpha value is -1.64. The lowest BCUT2D eigenvalue weighted by Gasteiger charge is -2.41. The van der Waals surface area contributed by atoms with E-state index in [9.17, 15) is 5.11 Å². The van der Waals surface area contributed by atoms with Gasteiger partial charge in [0.2, 0.25) is 0 Å². The second kappa shape index (κ2) is 11.2. The van der Waals surface area contributed by atoms with Crippen LogP contribution in [0.5, 0.6) is 0 Å². The fourth-order valence-corrected chi connectivity index (χ4v) is 3.24. The number of aliphatic hydroxyl groups excluding tert-OH is 2. The van der Waals surface area contributed by atoms with Gasteiger partial charge >= 0.3 is 0 Å². The zero-order valence-corrected chi connectivity index (χ0v) is 16.1. The molecule has 1 heterocycles. The van der Waals surface area contributed by atoms with Gasteiger partial charge in [-0.05, 0) is 38.0 Å². The number of nitrogens with zero attached hydrogens (tertiary/aromatic N) is 2. The quantitative estimate of drug-likeness (QED) is 0.581. The zero-order valence-electron chi connectivity index (χ0n) is 16.1. The first-order chi connectivity index (χ1) is 12.6. The second-order valence-electron chi connectivity index (χ2n) is 7.15. The van der Waals surface area contributed by atoms with Crippen LogP contribution in [0.3, 0.4) is 0 Å². The third-order valence-electron chi connectivity index (χ3n) is 4.71. The zero-order chi connectivity index (χ0) is 18.8. The van der Waals surface area contributed by atoms with Gasteiger partial charge in [0.25, 0.3) is 0 Å². The molecule has 0 radical (unpaired) electrons. The van der Waals surface area contributed by atoms with Crippen LogP contribution in [0.25, 0.3) is 0 Å². The molecular weight excluding hydrogens is 324 g/mol. The number of rotatable bonds is 7. The minimum absolute atomic E-state index is 0.111. The summed E-state index contributed by atoms with van der Waals surface area (Å²) in [4.78, 5) is 4.96. The molecule has 0 spiro atoms. The van der Waals surface area contributed by atoms with Crippen molar-refractivity contribution in [2.75, 3.05) is 39.4 Å². The van der Waals surface area contributed by atoms with Crippen LogP contribution in [0.1, 0.15) is 37.8 Å². The second-order valence-corrected chi connectivity index (χ2v) is 7.15. The van der Waals surface area contributed by atoms with Gasteiger partial charge in [-0.25, -0.2) is 0 Å². The molecule has 1 aliphatic heterocycles. The summed E-state index contributed by atoms with van der Waals surface area (Å²) in [5, 5.41) is 18.2. The summed E-state index contributed by atoms with van der Waals surface area (Å²) >= 11 is 0. The average Bonchev–Trinajstić information content (AvgIpc) is 2.63. The molecule has 0 unspecified atom stereocenters. The predicted octanol–water partition coefficient (Wildman–Crippen LogP) is 2.26. The summed E-state index contributed by atoms with van der Waals surface area (Å²) in [5.41, 5.74) is 3.63. The number of hydrogen-bond donors (Lipinski definition) is 2. The summed E-state index contributed by atoms with van der Waals surface area (Å²) in [7, 11) is 0. The Morgan fingerprint density at radius 2 is 1.92 bits per heavy atom. The number of allylic oxidation sites excluding steroid dienone is 1. The molecule has 4 heteroatoms. The van der Waals surface area contributed by atoms with Crippen molar-refractivity contribution in [3.8, 4) is 11.8 Å². The monoisotopic (exact) mass is 356 g/mol. The highest BCUT2D eigenvalue weighted by Gasteiger charge is 2.25. The molecule has 0 saturated carbocycles. The van der Waals surface area contributed by atoms with Gasteiger partial charge in [-0.15, -0.1) is 0 Å². The van der Waals surface area contributed by atoms with Crippen molar-refractivity contribution in [2.45, 2.75) is 39.3 Å². The van der Waals surface area contributed by atoms with E-state index in [0.29, 0.717) is 12.5 Å². The van der Waals surface area contributed by atoms with E-state index in [-0.39, 0.29) is 13.2 Å². The van der Waals surface area contributed by atoms with Crippen LogP contribution in [0, 0.1) is 11.8 Å². The van der Waals surface area contributed by atoms with Gasteiger partial charge in [0.15, 0.2) is 0 Å². The molecule has 1 aliphatic rings. The molecule has 4 nitrogen and oxygen atoms in total. The standard InChI is InChI=1S/C22H32N2O2/c1-19(2)10-12-24-14-13-23(18-22(24)11-16-26)17-21-8-6-20(7-9-21)5-3-4-15-25/h6-10,22,25-26H,4,11-18H2,1-2H3/t22-/m1/s1. The summed E-state index contributed by atoms with van der Waals surface area (Å²) in [6, 6.07) is 8.79. The highest BCUT2D eigenvalue weighted by molar-refractivity contribution is 5.36. The molecule has 26 heavy (non-hydrogen) atoms. The molecule has 0 aliphatic carbocycles. The lowest BCUT2D eigenvalue weighted by molar-refractivity contribution is 0.0637. The molecule has 1 saturated heterocycles. The van der Waals surface area contributed by atoms with Gasteiger partial charge in [-0.1, -0.05) is 35.6 Å². The van der Waals surface area contributed by atoms with Crippen molar-refractivity contribution in [1.82, 2.24) is 9.80 Å². The first-order valence-electron chi connectivity index (χ1n) is 9.51. The molecule has 0 bridgehead atoms. The minimum atomic E-state index is 0.111. The topological polar surface area (TPSA) is 46.9 Å². The first kappa shape index (κ1) is 20.7. The largest absolute Gasteiger partial charge is 0.396 e. The molecule has 2 N–H and O–H groups in total. The molecule has 2 rings (SSSR count). The third kappa shape index (κ3) is 6.93. The number of aliphatic hydroxyl groups is 2. The lowest BCUT2D eigenvalue weighted by atomic mass is 10.1. The Bertz CT molecular complexity index is 624. The highest BCUT2D eigenvalue weighted by Crippen LogP contribution is 2.16. The minimum Gasteiger partial charge on any atom is -0.396 e. The maximum absolute atomic E-state index is 9.42. The molecule has 1 aromatic carbocycles. The van der Waals surface area contributed by atoms with E-state index in [1.54, 1.807) is 0 Å². The van der Waals surface area contributed by atoms with Gasteiger partial charge in [-0.2, -0.15) is 0 Å². The van der Waals surface area contributed by atoms with Crippen molar-refractivity contribution in [3.05, 3.63) is 47.0 Å². The van der Waals surface area contributed by atoms with Gasteiger partial charge < -0.3 is 10.2 Å². The van der Waals surface area contributed by atoms with Crippen molar-refractivity contribution < 1.29 is 10.2 Å². The molecular formula is C22H32N2O2.